The van der Waals surface area contributed by atoms with Crippen molar-refractivity contribution in [3.63, 3.8) is 0 Å². The molecule has 4 nitrogen and oxygen atoms in total. The van der Waals surface area contributed by atoms with Crippen LogP contribution in [-0.4, -0.2) is 48.2 Å². The lowest BCUT2D eigenvalue weighted by Crippen LogP contribution is -2.63. The molecule has 0 amide bonds. The van der Waals surface area contributed by atoms with Crippen molar-refractivity contribution >= 4 is 5.82 Å². The standard InChI is InChI=1S/C25H35N3O/c1-19(2)20-8-10-21(11-9-20)25(29,24(3)17-27(4)18-24)22-12-13-26-23(16-22)28-14-6-5-7-15-28/h8-13,16,19,29H,5-7,14-15,17-18H2,1-4H3. The average Bonchev–Trinajstić information content (AvgIpc) is 2.73. The van der Waals surface area contributed by atoms with Gasteiger partial charge >= 0.3 is 0 Å². The second-order valence-electron chi connectivity index (χ2n) is 9.67. The van der Waals surface area contributed by atoms with Crippen LogP contribution in [-0.2, 0) is 5.60 Å². The van der Waals surface area contributed by atoms with Gasteiger partial charge in [0.2, 0.25) is 0 Å². The van der Waals surface area contributed by atoms with Crippen molar-refractivity contribution in [1.82, 2.24) is 9.88 Å². The summed E-state index contributed by atoms with van der Waals surface area (Å²) in [5.74, 6) is 1.48. The number of benzene rings is 1. The molecule has 0 radical (unpaired) electrons. The number of hydrogen-bond donors (Lipinski definition) is 1. The molecule has 1 atom stereocenters. The second kappa shape index (κ2) is 7.73. The number of aliphatic hydroxyl groups is 1. The summed E-state index contributed by atoms with van der Waals surface area (Å²) >= 11 is 0. The summed E-state index contributed by atoms with van der Waals surface area (Å²) in [6.07, 6.45) is 5.61. The smallest absolute Gasteiger partial charge is 0.128 e. The maximum Gasteiger partial charge on any atom is 0.128 e. The fourth-order valence-corrected chi connectivity index (χ4v) is 5.29. The van der Waals surface area contributed by atoms with Gasteiger partial charge in [0.1, 0.15) is 11.4 Å². The first-order valence-electron chi connectivity index (χ1n) is 11.1. The van der Waals surface area contributed by atoms with Crippen LogP contribution in [0.2, 0.25) is 0 Å². The number of pyridine rings is 1. The molecule has 3 heterocycles. The zero-order chi connectivity index (χ0) is 20.6. The Bertz CT molecular complexity index is 835. The number of hydrogen-bond acceptors (Lipinski definition) is 4. The molecule has 0 saturated carbocycles. The predicted octanol–water partition coefficient (Wildman–Crippen LogP) is 4.38. The molecule has 2 aromatic rings. The van der Waals surface area contributed by atoms with Crippen LogP contribution in [0.5, 0.6) is 0 Å². The molecule has 29 heavy (non-hydrogen) atoms. The van der Waals surface area contributed by atoms with E-state index in [4.69, 9.17) is 0 Å². The number of likely N-dealkylation sites (tertiary alicyclic amines) is 1. The van der Waals surface area contributed by atoms with E-state index in [0.29, 0.717) is 5.92 Å². The topological polar surface area (TPSA) is 39.6 Å². The van der Waals surface area contributed by atoms with Gasteiger partial charge in [0.25, 0.3) is 0 Å². The summed E-state index contributed by atoms with van der Waals surface area (Å²) in [6, 6.07) is 12.7. The van der Waals surface area contributed by atoms with Gasteiger partial charge < -0.3 is 14.9 Å². The number of rotatable bonds is 5. The van der Waals surface area contributed by atoms with Gasteiger partial charge in [-0.15, -0.1) is 0 Å². The van der Waals surface area contributed by atoms with Crippen LogP contribution in [0.1, 0.15) is 62.6 Å². The molecule has 0 spiro atoms. The Morgan fingerprint density at radius 3 is 2.24 bits per heavy atom. The van der Waals surface area contributed by atoms with Crippen LogP contribution in [0, 0.1) is 5.41 Å². The summed E-state index contributed by atoms with van der Waals surface area (Å²) in [5.41, 5.74) is 1.97. The van der Waals surface area contributed by atoms with Gasteiger partial charge in [-0.2, -0.15) is 0 Å². The van der Waals surface area contributed by atoms with E-state index in [9.17, 15) is 5.11 Å². The Morgan fingerprint density at radius 1 is 1.00 bits per heavy atom. The normalized spacial score (nSPS) is 21.7. The van der Waals surface area contributed by atoms with Crippen LogP contribution in [0.15, 0.2) is 42.6 Å². The van der Waals surface area contributed by atoms with Gasteiger partial charge in [0, 0.05) is 37.8 Å². The SMILES string of the molecule is CC(C)c1ccc(C(O)(c2ccnc(N3CCCCC3)c2)C2(C)CN(C)C2)cc1. The molecule has 2 fully saturated rings. The molecule has 2 aliphatic heterocycles. The first-order valence-corrected chi connectivity index (χ1v) is 11.1. The average molecular weight is 394 g/mol. The summed E-state index contributed by atoms with van der Waals surface area (Å²) in [6.45, 7) is 10.5. The van der Waals surface area contributed by atoms with Crippen LogP contribution in [0.3, 0.4) is 0 Å². The highest BCUT2D eigenvalue weighted by Crippen LogP contribution is 2.50. The molecule has 2 aliphatic rings. The third-order valence-corrected chi connectivity index (χ3v) is 6.95. The van der Waals surface area contributed by atoms with Crippen LogP contribution >= 0.6 is 0 Å². The van der Waals surface area contributed by atoms with Crippen LogP contribution in [0.4, 0.5) is 5.82 Å². The lowest BCUT2D eigenvalue weighted by Gasteiger charge is -2.56. The summed E-state index contributed by atoms with van der Waals surface area (Å²) < 4.78 is 0. The molecule has 1 unspecified atom stereocenters. The van der Waals surface area contributed by atoms with Crippen molar-refractivity contribution < 1.29 is 5.11 Å². The van der Waals surface area contributed by atoms with Crippen LogP contribution < -0.4 is 4.90 Å². The highest BCUT2D eigenvalue weighted by molar-refractivity contribution is 5.48. The number of aromatic nitrogens is 1. The summed E-state index contributed by atoms with van der Waals surface area (Å²) in [7, 11) is 2.12. The molecular weight excluding hydrogens is 358 g/mol. The molecule has 4 rings (SSSR count). The first-order chi connectivity index (χ1) is 13.8. The number of anilines is 1. The Kier molecular flexibility index (Phi) is 5.43. The third-order valence-electron chi connectivity index (χ3n) is 6.95. The van der Waals surface area contributed by atoms with Gasteiger partial charge in [-0.3, -0.25) is 0 Å². The van der Waals surface area contributed by atoms with E-state index in [1.54, 1.807) is 0 Å². The first kappa shape index (κ1) is 20.4. The highest BCUT2D eigenvalue weighted by Gasteiger charge is 2.55. The fraction of sp³-hybridized carbons (Fsp3) is 0.560. The van der Waals surface area contributed by atoms with E-state index in [-0.39, 0.29) is 5.41 Å². The lowest BCUT2D eigenvalue weighted by molar-refractivity contribution is -0.127. The van der Waals surface area contributed by atoms with Gasteiger partial charge in [0.15, 0.2) is 0 Å². The molecular formula is C25H35N3O. The minimum absolute atomic E-state index is 0.235. The molecule has 2 saturated heterocycles. The monoisotopic (exact) mass is 393 g/mol. The molecule has 0 aliphatic carbocycles. The molecule has 156 valence electrons. The van der Waals surface area contributed by atoms with Gasteiger partial charge in [-0.05, 0) is 61.1 Å². The Morgan fingerprint density at radius 2 is 1.66 bits per heavy atom. The summed E-state index contributed by atoms with van der Waals surface area (Å²) in [5, 5.41) is 12.3. The largest absolute Gasteiger partial charge is 0.380 e. The zero-order valence-corrected chi connectivity index (χ0v) is 18.4. The van der Waals surface area contributed by atoms with Crippen molar-refractivity contribution in [3.05, 3.63) is 59.3 Å². The molecule has 1 aromatic heterocycles. The van der Waals surface area contributed by atoms with E-state index >= 15 is 0 Å². The summed E-state index contributed by atoms with van der Waals surface area (Å²) in [4.78, 5) is 9.30. The number of piperidine rings is 1. The van der Waals surface area contributed by atoms with Gasteiger partial charge in [-0.25, -0.2) is 4.98 Å². The van der Waals surface area contributed by atoms with E-state index in [1.807, 2.05) is 12.3 Å². The highest BCUT2D eigenvalue weighted by atomic mass is 16.3. The number of nitrogens with zero attached hydrogens (tertiary/aromatic N) is 3. The quantitative estimate of drug-likeness (QED) is 0.818. The minimum atomic E-state index is -1.04. The Labute approximate surface area is 175 Å². The zero-order valence-electron chi connectivity index (χ0n) is 18.4. The second-order valence-corrected chi connectivity index (χ2v) is 9.67. The van der Waals surface area contributed by atoms with E-state index in [0.717, 1.165) is 43.1 Å². The van der Waals surface area contributed by atoms with E-state index in [1.165, 1.54) is 24.8 Å². The van der Waals surface area contributed by atoms with Crippen LogP contribution in [0.25, 0.3) is 0 Å². The van der Waals surface area contributed by atoms with Crippen molar-refractivity contribution in [3.8, 4) is 0 Å². The van der Waals surface area contributed by atoms with Crippen molar-refractivity contribution in [1.29, 1.82) is 0 Å². The van der Waals surface area contributed by atoms with Crippen molar-refractivity contribution in [2.75, 3.05) is 38.1 Å². The van der Waals surface area contributed by atoms with E-state index < -0.39 is 5.60 Å². The lowest BCUT2D eigenvalue weighted by atomic mass is 9.62. The third kappa shape index (κ3) is 3.57. The Balaban J connectivity index is 1.77. The van der Waals surface area contributed by atoms with E-state index in [2.05, 4.69) is 72.9 Å². The van der Waals surface area contributed by atoms with Gasteiger partial charge in [-0.1, -0.05) is 45.0 Å². The molecule has 1 N–H and O–H groups in total. The molecule has 1 aromatic carbocycles. The van der Waals surface area contributed by atoms with Crippen molar-refractivity contribution in [2.45, 2.75) is 51.6 Å². The fourth-order valence-electron chi connectivity index (χ4n) is 5.29. The minimum Gasteiger partial charge on any atom is -0.380 e. The maximum absolute atomic E-state index is 12.3. The maximum atomic E-state index is 12.3. The molecule has 4 heteroatoms. The van der Waals surface area contributed by atoms with Gasteiger partial charge in [0.05, 0.1) is 0 Å². The predicted molar refractivity (Wildman–Crippen MR) is 119 cm³/mol. The van der Waals surface area contributed by atoms with Crippen molar-refractivity contribution in [2.24, 2.45) is 5.41 Å². The molecule has 0 bridgehead atoms. The Hall–Kier alpha value is -1.91.